The van der Waals surface area contributed by atoms with Gasteiger partial charge in [-0.3, -0.25) is 4.31 Å². The van der Waals surface area contributed by atoms with Crippen LogP contribution in [0.5, 0.6) is 0 Å². The van der Waals surface area contributed by atoms with Gasteiger partial charge in [0.05, 0.1) is 18.4 Å². The number of hydrogen-bond acceptors (Lipinski definition) is 4. The molecule has 0 bridgehead atoms. The summed E-state index contributed by atoms with van der Waals surface area (Å²) in [5, 5.41) is 0.0503. The van der Waals surface area contributed by atoms with Gasteiger partial charge in [0.1, 0.15) is 0 Å². The van der Waals surface area contributed by atoms with Crippen molar-refractivity contribution in [3.05, 3.63) is 48.2 Å². The maximum absolute atomic E-state index is 12.7. The lowest BCUT2D eigenvalue weighted by atomic mass is 10.3. The summed E-state index contributed by atoms with van der Waals surface area (Å²) < 4.78 is 38.3. The minimum Gasteiger partial charge on any atom is -0.259 e. The highest BCUT2D eigenvalue weighted by atomic mass is 32.2. The number of halogens is 1. The third-order valence-electron chi connectivity index (χ3n) is 2.70. The Morgan fingerprint density at radius 1 is 1.22 bits per heavy atom. The fraction of sp³-hybridized carbons (Fsp3) is 0.0909. The van der Waals surface area contributed by atoms with E-state index in [4.69, 9.17) is 0 Å². The van der Waals surface area contributed by atoms with E-state index in [-0.39, 0.29) is 11.6 Å². The van der Waals surface area contributed by atoms with Crippen molar-refractivity contribution in [1.82, 2.24) is 9.97 Å². The van der Waals surface area contributed by atoms with Gasteiger partial charge in [-0.25, -0.2) is 9.97 Å². The quantitative estimate of drug-likeness (QED) is 0.730. The lowest BCUT2D eigenvalue weighted by Gasteiger charge is -2.15. The minimum absolute atomic E-state index is 0.0503. The van der Waals surface area contributed by atoms with Crippen LogP contribution in [0, 0.1) is 5.95 Å². The Morgan fingerprint density at radius 2 is 2.06 bits per heavy atom. The summed E-state index contributed by atoms with van der Waals surface area (Å²) in [6.07, 6.45) is 2.63. The van der Waals surface area contributed by atoms with E-state index >= 15 is 0 Å². The number of rotatable bonds is 1. The first-order valence-electron chi connectivity index (χ1n) is 5.17. The second-order valence-electron chi connectivity index (χ2n) is 3.82. The molecule has 0 aliphatic carbocycles. The molecule has 18 heavy (non-hydrogen) atoms. The number of hydrogen-bond donors (Lipinski definition) is 0. The zero-order chi connectivity index (χ0) is 12.8. The summed E-state index contributed by atoms with van der Waals surface area (Å²) in [5.74, 6) is -0.647. The molecule has 3 heterocycles. The molecule has 0 amide bonds. The molecule has 0 unspecified atom stereocenters. The molecule has 1 aliphatic heterocycles. The third-order valence-corrected chi connectivity index (χ3v) is 4.47. The first kappa shape index (κ1) is 11.1. The summed E-state index contributed by atoms with van der Waals surface area (Å²) in [6.45, 7) is 0.193. The van der Waals surface area contributed by atoms with Crippen LogP contribution >= 0.6 is 0 Å². The molecule has 0 atom stereocenters. The number of anilines is 1. The molecule has 0 saturated heterocycles. The van der Waals surface area contributed by atoms with Gasteiger partial charge in [-0.2, -0.15) is 12.8 Å². The topological polar surface area (TPSA) is 63.2 Å². The van der Waals surface area contributed by atoms with Gasteiger partial charge < -0.3 is 0 Å². The van der Waals surface area contributed by atoms with Crippen LogP contribution in [0.4, 0.5) is 10.1 Å². The van der Waals surface area contributed by atoms with Gasteiger partial charge in [0.25, 0.3) is 10.0 Å². The molecule has 0 N–H and O–H groups in total. The average molecular weight is 265 g/mol. The summed E-state index contributed by atoms with van der Waals surface area (Å²) in [4.78, 5) is 7.34. The van der Waals surface area contributed by atoms with E-state index in [0.717, 1.165) is 10.4 Å². The van der Waals surface area contributed by atoms with Crippen molar-refractivity contribution in [2.75, 3.05) is 4.31 Å². The summed E-state index contributed by atoms with van der Waals surface area (Å²) in [5.41, 5.74) is 0.955. The molecule has 3 rings (SSSR count). The van der Waals surface area contributed by atoms with E-state index < -0.39 is 16.0 Å². The molecule has 5 nitrogen and oxygen atoms in total. The smallest absolute Gasteiger partial charge is 0.259 e. The largest absolute Gasteiger partial charge is 0.282 e. The highest BCUT2D eigenvalue weighted by molar-refractivity contribution is 7.93. The summed E-state index contributed by atoms with van der Waals surface area (Å²) in [7, 11) is -3.65. The Kier molecular flexibility index (Phi) is 2.30. The van der Waals surface area contributed by atoms with Crippen molar-refractivity contribution < 1.29 is 12.8 Å². The standard InChI is InChI=1S/C11H8FN3O2S/c12-10-4-3-9(6-14-10)15-7-8-2-1-5-13-11(8)18(15,16)17/h1-6H,7H2. The van der Waals surface area contributed by atoms with Crippen LogP contribution in [0.25, 0.3) is 0 Å². The Balaban J connectivity index is 2.10. The minimum atomic E-state index is -3.65. The van der Waals surface area contributed by atoms with Gasteiger partial charge in [-0.15, -0.1) is 0 Å². The Morgan fingerprint density at radius 3 is 2.72 bits per heavy atom. The van der Waals surface area contributed by atoms with Crippen LogP contribution in [-0.4, -0.2) is 18.4 Å². The van der Waals surface area contributed by atoms with E-state index in [1.807, 2.05) is 0 Å². The van der Waals surface area contributed by atoms with Crippen LogP contribution in [0.15, 0.2) is 41.7 Å². The lowest BCUT2D eigenvalue weighted by Crippen LogP contribution is -2.24. The third kappa shape index (κ3) is 1.55. The molecule has 2 aromatic heterocycles. The fourth-order valence-corrected chi connectivity index (χ4v) is 3.43. The molecule has 1 aliphatic rings. The molecule has 2 aromatic rings. The average Bonchev–Trinajstić information content (AvgIpc) is 2.63. The van der Waals surface area contributed by atoms with Crippen LogP contribution in [0.3, 0.4) is 0 Å². The highest BCUT2D eigenvalue weighted by Gasteiger charge is 2.36. The summed E-state index contributed by atoms with van der Waals surface area (Å²) in [6, 6.07) is 5.89. The lowest BCUT2D eigenvalue weighted by molar-refractivity contribution is 0.582. The Hall–Kier alpha value is -2.02. The second-order valence-corrected chi connectivity index (χ2v) is 5.60. The van der Waals surface area contributed by atoms with Gasteiger partial charge in [-0.05, 0) is 18.2 Å². The molecule has 0 spiro atoms. The molecule has 0 aromatic carbocycles. The maximum atomic E-state index is 12.7. The molecule has 0 radical (unpaired) electrons. The van der Waals surface area contributed by atoms with Crippen molar-refractivity contribution >= 4 is 15.7 Å². The molecule has 7 heteroatoms. The van der Waals surface area contributed by atoms with Crippen molar-refractivity contribution in [2.45, 2.75) is 11.6 Å². The number of pyridine rings is 2. The zero-order valence-corrected chi connectivity index (χ0v) is 9.93. The summed E-state index contributed by atoms with van der Waals surface area (Å²) >= 11 is 0. The van der Waals surface area contributed by atoms with Gasteiger partial charge in [0.15, 0.2) is 5.03 Å². The Bertz CT molecular complexity index is 700. The predicted octanol–water partition coefficient (Wildman–Crippen LogP) is 1.32. The maximum Gasteiger partial charge on any atom is 0.282 e. The van der Waals surface area contributed by atoms with Crippen molar-refractivity contribution in [3.8, 4) is 0 Å². The molecule has 0 fully saturated rings. The zero-order valence-electron chi connectivity index (χ0n) is 9.12. The van der Waals surface area contributed by atoms with Crippen molar-refractivity contribution in [3.63, 3.8) is 0 Å². The number of fused-ring (bicyclic) bond motifs is 1. The Labute approximate surface area is 103 Å². The van der Waals surface area contributed by atoms with Gasteiger partial charge in [0.2, 0.25) is 5.95 Å². The van der Waals surface area contributed by atoms with Crippen molar-refractivity contribution in [2.24, 2.45) is 0 Å². The van der Waals surface area contributed by atoms with Crippen LogP contribution in [-0.2, 0) is 16.6 Å². The van der Waals surface area contributed by atoms with Crippen molar-refractivity contribution in [1.29, 1.82) is 0 Å². The number of aromatic nitrogens is 2. The van der Waals surface area contributed by atoms with E-state index in [0.29, 0.717) is 11.3 Å². The number of sulfonamides is 1. The van der Waals surface area contributed by atoms with Crippen LogP contribution in [0.1, 0.15) is 5.56 Å². The van der Waals surface area contributed by atoms with E-state index in [1.165, 1.54) is 18.5 Å². The molecule has 0 saturated carbocycles. The second kappa shape index (κ2) is 3.74. The number of nitrogens with zero attached hydrogens (tertiary/aromatic N) is 3. The fourth-order valence-electron chi connectivity index (χ4n) is 1.87. The van der Waals surface area contributed by atoms with E-state index in [1.54, 1.807) is 12.1 Å². The monoisotopic (exact) mass is 265 g/mol. The first-order valence-corrected chi connectivity index (χ1v) is 6.61. The van der Waals surface area contributed by atoms with Gasteiger partial charge in [-0.1, -0.05) is 6.07 Å². The first-order chi connectivity index (χ1) is 8.59. The molecule has 92 valence electrons. The predicted molar refractivity (Wildman–Crippen MR) is 61.8 cm³/mol. The van der Waals surface area contributed by atoms with Crippen LogP contribution in [0.2, 0.25) is 0 Å². The SMILES string of the molecule is O=S1(=O)c2ncccc2CN1c1ccc(F)nc1. The van der Waals surface area contributed by atoms with Crippen LogP contribution < -0.4 is 4.31 Å². The van der Waals surface area contributed by atoms with E-state index in [9.17, 15) is 12.8 Å². The normalized spacial score (nSPS) is 16.6. The highest BCUT2D eigenvalue weighted by Crippen LogP contribution is 2.32. The van der Waals surface area contributed by atoms with Gasteiger partial charge in [0, 0.05) is 11.8 Å². The molecular weight excluding hydrogens is 257 g/mol. The van der Waals surface area contributed by atoms with E-state index in [2.05, 4.69) is 9.97 Å². The molecular formula is C11H8FN3O2S. The van der Waals surface area contributed by atoms with Gasteiger partial charge >= 0.3 is 0 Å².